The van der Waals surface area contributed by atoms with Crippen molar-refractivity contribution in [3.63, 3.8) is 0 Å². The van der Waals surface area contributed by atoms with Crippen LogP contribution >= 0.6 is 0 Å². The molecule has 0 amide bonds. The Hall–Kier alpha value is -0.591. The molecule has 0 radical (unpaired) electrons. The van der Waals surface area contributed by atoms with Crippen molar-refractivity contribution < 1.29 is 20.4 Å². The van der Waals surface area contributed by atoms with E-state index in [1.807, 2.05) is 0 Å². The van der Waals surface area contributed by atoms with E-state index in [2.05, 4.69) is 15.6 Å². The molecule has 37 valence electrons. The van der Waals surface area contributed by atoms with Crippen LogP contribution in [0.3, 0.4) is 0 Å². The molecule has 0 fully saturated rings. The summed E-state index contributed by atoms with van der Waals surface area (Å²) in [4.78, 5) is 11.0. The molecular weight excluding hydrogens is 134 g/mol. The van der Waals surface area contributed by atoms with Gasteiger partial charge in [-0.25, -0.2) is 0 Å². The van der Waals surface area contributed by atoms with E-state index in [0.717, 1.165) is 4.79 Å². The zero-order valence-electron chi connectivity index (χ0n) is 2.55. The molecule has 0 rings (SSSR count). The Morgan fingerprint density at radius 1 is 1.67 bits per heavy atom. The molecule has 0 aliphatic rings. The fourth-order valence-corrected chi connectivity index (χ4v) is 0. The molecule has 0 spiro atoms. The molecule has 0 saturated carbocycles. The first-order valence-corrected chi connectivity index (χ1v) is 1.23. The topological polar surface area (TPSA) is 75.8 Å². The summed E-state index contributed by atoms with van der Waals surface area (Å²) in [5, 5.41) is 0. The third-order valence-corrected chi connectivity index (χ3v) is 0. The van der Waals surface area contributed by atoms with Crippen molar-refractivity contribution in [3.8, 4) is 0 Å². The van der Waals surface area contributed by atoms with E-state index in [9.17, 15) is 0 Å². The van der Waals surface area contributed by atoms with Crippen molar-refractivity contribution in [3.05, 3.63) is 16.0 Å². The molecule has 0 aromatic carbocycles. The van der Waals surface area contributed by atoms with Gasteiger partial charge in [0, 0.05) is 0 Å². The van der Waals surface area contributed by atoms with Gasteiger partial charge in [0.25, 0.3) is 0 Å². The molecule has 0 atom stereocenters. The first-order valence-electron chi connectivity index (χ1n) is 0.755. The number of rotatable bonds is 0. The van der Waals surface area contributed by atoms with Gasteiger partial charge in [0.1, 0.15) is 0 Å². The number of carbonyl (C=O) groups excluding carboxylic acids is 1. The van der Waals surface area contributed by atoms with E-state index >= 15 is 0 Å². The number of hydrogen-bond acceptors (Lipinski definition) is 1. The van der Waals surface area contributed by atoms with E-state index in [1.165, 1.54) is 4.91 Å². The van der Waals surface area contributed by atoms with Crippen molar-refractivity contribution >= 4 is 4.79 Å². The Morgan fingerprint density at radius 2 is 1.67 bits per heavy atom. The summed E-state index contributed by atoms with van der Waals surface area (Å²) in [6, 6.07) is 0. The minimum absolute atomic E-state index is 1.06. The maximum Gasteiger partial charge on any atom is -0.255 e. The van der Waals surface area contributed by atoms with E-state index in [0.29, 0.717) is 0 Å². The van der Waals surface area contributed by atoms with Gasteiger partial charge in [-0.15, -0.1) is 0 Å². The Labute approximate surface area is 41.9 Å². The smallest absolute Gasteiger partial charge is 0.255 e. The van der Waals surface area contributed by atoms with Gasteiger partial charge >= 0.3 is 25.2 Å². The fraction of sp³-hybridized carbons (Fsp3) is 0. The van der Waals surface area contributed by atoms with Crippen LogP contribution in [0.5, 0.6) is 0 Å². The van der Waals surface area contributed by atoms with Crippen LogP contribution in [-0.2, 0) is 20.4 Å². The van der Waals surface area contributed by atoms with Gasteiger partial charge in [-0.3, -0.25) is 4.91 Å². The maximum absolute atomic E-state index is 8.49. The molecule has 0 N–H and O–H groups in total. The van der Waals surface area contributed by atoms with Crippen LogP contribution in [0.1, 0.15) is 0 Å². The summed E-state index contributed by atoms with van der Waals surface area (Å²) in [7, 11) is 0. The molecule has 0 saturated heterocycles. The quantitative estimate of drug-likeness (QED) is 0.205. The minimum Gasteiger partial charge on any atom is -0.373 e. The minimum atomic E-state index is 1.06. The fourth-order valence-electron chi connectivity index (χ4n) is 0. The molecule has 5 heteroatoms. The number of hydrogen-bond donors (Lipinski definition) is 0. The molecule has 0 aromatic heterocycles. The summed E-state index contributed by atoms with van der Waals surface area (Å²) < 4.78 is 0. The Morgan fingerprint density at radius 3 is 1.67 bits per heavy atom. The molecule has 6 heavy (non-hydrogen) atoms. The van der Waals surface area contributed by atoms with Crippen molar-refractivity contribution in [1.29, 1.82) is 0 Å². The van der Waals surface area contributed by atoms with Gasteiger partial charge in [0.05, 0.1) is 0 Å². The Kier molecular flexibility index (Phi) is 38.9. The van der Waals surface area contributed by atoms with Gasteiger partial charge in [-0.1, -0.05) is 0 Å². The average molecular weight is 134 g/mol. The van der Waals surface area contributed by atoms with Crippen molar-refractivity contribution in [2.45, 2.75) is 0 Å². The first-order chi connectivity index (χ1) is 2.83. The largest absolute Gasteiger partial charge is 0.373 e. The molecule has 0 aliphatic carbocycles. The Bertz CT molecular complexity index is 64.8. The van der Waals surface area contributed by atoms with E-state index < -0.39 is 0 Å². The Balaban J connectivity index is 0. The summed E-state index contributed by atoms with van der Waals surface area (Å²) in [6.45, 7) is 0. The molecule has 4 nitrogen and oxygen atoms in total. The molecule has 0 bridgehead atoms. The van der Waals surface area contributed by atoms with E-state index in [-0.39, 0.29) is 0 Å². The molecule has 0 heterocycles. The van der Waals surface area contributed by atoms with Crippen LogP contribution in [0.15, 0.2) is 0 Å². The predicted octanol–water partition coefficient (Wildman–Crippen LogP) is 0.467. The van der Waals surface area contributed by atoms with Crippen LogP contribution < -0.4 is 0 Å². The van der Waals surface area contributed by atoms with Gasteiger partial charge < -0.3 is 11.1 Å². The van der Waals surface area contributed by atoms with E-state index in [4.69, 9.17) is 15.9 Å². The average Bonchev–Trinajstić information content (AvgIpc) is 1.39. The van der Waals surface area contributed by atoms with Crippen LogP contribution in [-0.4, -0.2) is 4.79 Å². The van der Waals surface area contributed by atoms with Gasteiger partial charge in [0.15, 0.2) is 0 Å². The molecule has 0 aliphatic heterocycles. The van der Waals surface area contributed by atoms with Crippen LogP contribution in [0.25, 0.3) is 16.0 Å². The third-order valence-electron chi connectivity index (χ3n) is 0. The van der Waals surface area contributed by atoms with Crippen molar-refractivity contribution in [2.75, 3.05) is 0 Å². The second-order valence-electron chi connectivity index (χ2n) is 0.151. The first kappa shape index (κ1) is 9.05. The van der Waals surface area contributed by atoms with Gasteiger partial charge in [-0.2, -0.15) is 0 Å². The molecular formula is CCuN3O-. The zero-order valence-corrected chi connectivity index (χ0v) is 3.49. The predicted molar refractivity (Wildman–Crippen MR) is 15.8 cm³/mol. The maximum atomic E-state index is 8.49. The van der Waals surface area contributed by atoms with Crippen LogP contribution in [0.2, 0.25) is 0 Å². The standard InChI is InChI=1S/CO.Cu.N3/c1-2;;1-3-2/q;;-1. The molecule has 0 aromatic rings. The van der Waals surface area contributed by atoms with Crippen LogP contribution in [0, 0.1) is 0 Å². The summed E-state index contributed by atoms with van der Waals surface area (Å²) in [5.74, 6) is 0. The summed E-state index contributed by atoms with van der Waals surface area (Å²) in [6.07, 6.45) is 0. The third kappa shape index (κ3) is 56.8. The normalized spacial score (nSPS) is 3.00. The number of nitrogens with zero attached hydrogens (tertiary/aromatic N) is 3. The monoisotopic (exact) mass is 133 g/mol. The zero-order chi connectivity index (χ0) is 5.41. The summed E-state index contributed by atoms with van der Waals surface area (Å²) in [5.41, 5.74) is 13.5. The summed E-state index contributed by atoms with van der Waals surface area (Å²) >= 11 is 3.70. The van der Waals surface area contributed by atoms with E-state index in [1.54, 1.807) is 0 Å². The van der Waals surface area contributed by atoms with Gasteiger partial charge in [0.2, 0.25) is 0 Å². The second-order valence-corrected chi connectivity index (χ2v) is 0.343. The van der Waals surface area contributed by atoms with Crippen molar-refractivity contribution in [2.24, 2.45) is 0 Å². The van der Waals surface area contributed by atoms with Gasteiger partial charge in [-0.05, 0) is 0 Å². The molecule has 0 unspecified atom stereocenters. The second kappa shape index (κ2) is 25.8. The van der Waals surface area contributed by atoms with Crippen molar-refractivity contribution in [1.82, 2.24) is 0 Å². The van der Waals surface area contributed by atoms with Crippen LogP contribution in [0.4, 0.5) is 0 Å². The SMILES string of the molecule is O=[C]=[Cu].[N-]=[N+]=[N-].